The molecule has 0 rings (SSSR count). The van der Waals surface area contributed by atoms with Gasteiger partial charge in [-0.1, -0.05) is 6.58 Å². The van der Waals surface area contributed by atoms with Crippen LogP contribution in [0, 0.1) is 0 Å². The fourth-order valence-corrected chi connectivity index (χ4v) is 1.41. The molecule has 0 fully saturated rings. The van der Waals surface area contributed by atoms with E-state index >= 15 is 0 Å². The van der Waals surface area contributed by atoms with Crippen LogP contribution in [0.25, 0.3) is 0 Å². The summed E-state index contributed by atoms with van der Waals surface area (Å²) in [5.41, 5.74) is 4.43. The zero-order chi connectivity index (χ0) is 12.0. The first kappa shape index (κ1) is 15.5. The van der Waals surface area contributed by atoms with E-state index in [-0.39, 0.29) is 0 Å². The Bertz CT molecular complexity index is 288. The number of carbonyl (C=O) groups is 1. The van der Waals surface area contributed by atoms with E-state index in [1.807, 2.05) is 0 Å². The summed E-state index contributed by atoms with van der Waals surface area (Å²) in [6, 6.07) is 0. The largest absolute Gasteiger partial charge is 0.478 e. The molecule has 14 heavy (non-hydrogen) atoms. The number of hydrogen-bond donors (Lipinski definition) is 3. The third-order valence-electron chi connectivity index (χ3n) is 0.729. The van der Waals surface area contributed by atoms with E-state index < -0.39 is 27.4 Å². The number of carboxylic acids is 1. The third-order valence-corrected chi connectivity index (χ3v) is 1.84. The molecule has 7 heteroatoms. The van der Waals surface area contributed by atoms with E-state index in [1.165, 1.54) is 13.8 Å². The van der Waals surface area contributed by atoms with Crippen molar-refractivity contribution in [3.05, 3.63) is 12.7 Å². The molecule has 0 atom stereocenters. The molecule has 0 heterocycles. The van der Waals surface area contributed by atoms with Crippen molar-refractivity contribution in [2.45, 2.75) is 19.4 Å². The summed E-state index contributed by atoms with van der Waals surface area (Å²) < 4.78 is 28.5. The molecule has 0 aliphatic carbocycles. The molecule has 6 nitrogen and oxygen atoms in total. The van der Waals surface area contributed by atoms with Gasteiger partial charge in [0.1, 0.15) is 0 Å². The smallest absolute Gasteiger partial charge is 0.327 e. The van der Waals surface area contributed by atoms with Gasteiger partial charge >= 0.3 is 5.97 Å². The molecule has 0 unspecified atom stereocenters. The fourth-order valence-electron chi connectivity index (χ4n) is 0.470. The van der Waals surface area contributed by atoms with Crippen molar-refractivity contribution < 1.29 is 22.9 Å². The molecule has 0 aromatic carbocycles. The minimum atomic E-state index is -3.91. The lowest BCUT2D eigenvalue weighted by atomic mass is 10.1. The third kappa shape index (κ3) is 22.5. The quantitative estimate of drug-likeness (QED) is 0.455. The Balaban J connectivity index is 0. The highest BCUT2D eigenvalue weighted by Gasteiger charge is 2.18. The summed E-state index contributed by atoms with van der Waals surface area (Å²) in [6.45, 7) is 6.02. The van der Waals surface area contributed by atoms with E-state index in [9.17, 15) is 13.2 Å². The molecule has 0 aromatic heterocycles. The van der Waals surface area contributed by atoms with Gasteiger partial charge in [0, 0.05) is 11.6 Å². The second-order valence-corrected chi connectivity index (χ2v) is 4.71. The number of hydrogen-bond acceptors (Lipinski definition) is 4. The predicted molar refractivity (Wildman–Crippen MR) is 52.5 cm³/mol. The standard InChI is InChI=1S/C4H11NO3S.C3H4O2/c1-4(2,5)3-9(6,7)8;1-2-3(4)5/h3,5H2,1-2H3,(H,6,7,8);2H,1H2,(H,4,5). The highest BCUT2D eigenvalue weighted by atomic mass is 32.2. The Morgan fingerprint density at radius 3 is 1.86 bits per heavy atom. The van der Waals surface area contributed by atoms with Crippen LogP contribution in [0.4, 0.5) is 0 Å². The molecule has 84 valence electrons. The first-order chi connectivity index (χ1) is 5.98. The molecule has 4 N–H and O–H groups in total. The SMILES string of the molecule is C=CC(=O)O.CC(C)(N)CS(=O)(=O)O. The summed E-state index contributed by atoms with van der Waals surface area (Å²) in [5.74, 6) is -1.38. The lowest BCUT2D eigenvalue weighted by molar-refractivity contribution is -0.131. The first-order valence-electron chi connectivity index (χ1n) is 3.57. The molecule has 0 aliphatic rings. The zero-order valence-corrected chi connectivity index (χ0v) is 8.91. The van der Waals surface area contributed by atoms with Crippen molar-refractivity contribution in [3.63, 3.8) is 0 Å². The zero-order valence-electron chi connectivity index (χ0n) is 8.10. The molecule has 0 spiro atoms. The second-order valence-electron chi connectivity index (χ2n) is 3.26. The number of carboxylic acid groups (broad SMARTS) is 1. The van der Waals surface area contributed by atoms with Crippen LogP contribution in [0.1, 0.15) is 13.8 Å². The van der Waals surface area contributed by atoms with E-state index in [2.05, 4.69) is 6.58 Å². The Kier molecular flexibility index (Phi) is 6.37. The highest BCUT2D eigenvalue weighted by molar-refractivity contribution is 7.85. The number of nitrogens with two attached hydrogens (primary N) is 1. The van der Waals surface area contributed by atoms with E-state index in [0.717, 1.165) is 6.08 Å². The maximum absolute atomic E-state index is 10.1. The summed E-state index contributed by atoms with van der Waals surface area (Å²) in [7, 11) is -3.91. The van der Waals surface area contributed by atoms with Gasteiger partial charge in [-0.3, -0.25) is 4.55 Å². The van der Waals surface area contributed by atoms with Gasteiger partial charge in [0.25, 0.3) is 10.1 Å². The van der Waals surface area contributed by atoms with Crippen molar-refractivity contribution in [1.29, 1.82) is 0 Å². The van der Waals surface area contributed by atoms with Crippen LogP contribution >= 0.6 is 0 Å². The number of rotatable bonds is 3. The van der Waals surface area contributed by atoms with Gasteiger partial charge in [0.2, 0.25) is 0 Å². The summed E-state index contributed by atoms with van der Waals surface area (Å²) in [4.78, 5) is 9.25. The topological polar surface area (TPSA) is 118 Å². The van der Waals surface area contributed by atoms with Crippen LogP contribution < -0.4 is 5.73 Å². The van der Waals surface area contributed by atoms with Gasteiger partial charge in [-0.15, -0.1) is 0 Å². The fraction of sp³-hybridized carbons (Fsp3) is 0.571. The molecular formula is C7H15NO5S. The molecule has 0 radical (unpaired) electrons. The van der Waals surface area contributed by atoms with Gasteiger partial charge in [-0.05, 0) is 13.8 Å². The Hall–Kier alpha value is -0.920. The van der Waals surface area contributed by atoms with Gasteiger partial charge in [0.05, 0.1) is 5.75 Å². The maximum atomic E-state index is 10.1. The molecule has 0 bridgehead atoms. The molecule has 0 aromatic rings. The normalized spacial score (nSPS) is 11.1. The van der Waals surface area contributed by atoms with Crippen LogP contribution in [-0.4, -0.2) is 35.3 Å². The van der Waals surface area contributed by atoms with Crippen LogP contribution in [0.2, 0.25) is 0 Å². The van der Waals surface area contributed by atoms with Crippen molar-refractivity contribution in [2.24, 2.45) is 5.73 Å². The predicted octanol–water partition coefficient (Wildman–Crippen LogP) is -0.131. The van der Waals surface area contributed by atoms with Crippen LogP contribution in [0.15, 0.2) is 12.7 Å². The van der Waals surface area contributed by atoms with E-state index in [4.69, 9.17) is 15.4 Å². The minimum Gasteiger partial charge on any atom is -0.478 e. The maximum Gasteiger partial charge on any atom is 0.327 e. The molecular weight excluding hydrogens is 210 g/mol. The average Bonchev–Trinajstić information content (AvgIpc) is 1.80. The summed E-state index contributed by atoms with van der Waals surface area (Å²) in [6.07, 6.45) is 0.833. The Labute approximate surface area is 83.2 Å². The monoisotopic (exact) mass is 225 g/mol. The van der Waals surface area contributed by atoms with Crippen LogP contribution in [0.5, 0.6) is 0 Å². The lowest BCUT2D eigenvalue weighted by Crippen LogP contribution is -2.39. The van der Waals surface area contributed by atoms with Gasteiger partial charge in [-0.2, -0.15) is 8.42 Å². The van der Waals surface area contributed by atoms with Crippen molar-refractivity contribution in [3.8, 4) is 0 Å². The summed E-state index contributed by atoms with van der Waals surface area (Å²) >= 11 is 0. The van der Waals surface area contributed by atoms with Crippen molar-refractivity contribution in [1.82, 2.24) is 0 Å². The average molecular weight is 225 g/mol. The van der Waals surface area contributed by atoms with E-state index in [0.29, 0.717) is 0 Å². The minimum absolute atomic E-state index is 0.403. The van der Waals surface area contributed by atoms with Crippen LogP contribution in [0.3, 0.4) is 0 Å². The van der Waals surface area contributed by atoms with Crippen LogP contribution in [-0.2, 0) is 14.9 Å². The van der Waals surface area contributed by atoms with Crippen molar-refractivity contribution >= 4 is 16.1 Å². The second kappa shape index (κ2) is 5.74. The molecule has 0 aliphatic heterocycles. The van der Waals surface area contributed by atoms with Crippen molar-refractivity contribution in [2.75, 3.05) is 5.75 Å². The molecule has 0 amide bonds. The van der Waals surface area contributed by atoms with E-state index in [1.54, 1.807) is 0 Å². The molecule has 0 saturated heterocycles. The number of aliphatic carboxylic acids is 1. The Morgan fingerprint density at radius 1 is 1.57 bits per heavy atom. The van der Waals surface area contributed by atoms with Gasteiger partial charge in [0.15, 0.2) is 0 Å². The first-order valence-corrected chi connectivity index (χ1v) is 5.18. The lowest BCUT2D eigenvalue weighted by Gasteiger charge is -2.14. The highest BCUT2D eigenvalue weighted by Crippen LogP contribution is 1.99. The van der Waals surface area contributed by atoms with Gasteiger partial charge in [-0.25, -0.2) is 4.79 Å². The Morgan fingerprint density at radius 2 is 1.86 bits per heavy atom. The van der Waals surface area contributed by atoms with Gasteiger partial charge < -0.3 is 10.8 Å². The summed E-state index contributed by atoms with van der Waals surface area (Å²) in [5, 5.41) is 7.60. The molecule has 0 saturated carbocycles.